The first-order valence-corrected chi connectivity index (χ1v) is 55.1. The number of hydrogen-bond acceptors (Lipinski definition) is 27. The van der Waals surface area contributed by atoms with Gasteiger partial charge in [-0.2, -0.15) is 23.5 Å². The minimum atomic E-state index is -0.230. The van der Waals surface area contributed by atoms with Crippen LogP contribution in [0.4, 0.5) is 51.7 Å². The van der Waals surface area contributed by atoms with Crippen LogP contribution < -0.4 is 68.5 Å². The van der Waals surface area contributed by atoms with Gasteiger partial charge in [0.25, 0.3) is 0 Å². The largest absolute Gasteiger partial charge is 0.457 e. The number of carbonyl (C=O) groups is 8. The molecular formula is C111H155BrN18O15S2. The van der Waals surface area contributed by atoms with E-state index in [-0.39, 0.29) is 47.3 Å². The summed E-state index contributed by atoms with van der Waals surface area (Å²) in [7, 11) is 4.13. The average molecular weight is 2130 g/mol. The average Bonchev–Trinajstić information content (AvgIpc) is 1.67. The van der Waals surface area contributed by atoms with Crippen molar-refractivity contribution >= 4 is 144 Å². The van der Waals surface area contributed by atoms with E-state index in [1.54, 1.807) is 6.07 Å². The Morgan fingerprint density at radius 1 is 0.401 bits per heavy atom. The Hall–Kier alpha value is -11.2. The van der Waals surface area contributed by atoms with Crippen molar-refractivity contribution in [2.24, 2.45) is 11.8 Å². The molecule has 6 atom stereocenters. The maximum atomic E-state index is 12.6. The van der Waals surface area contributed by atoms with Gasteiger partial charge in [-0.3, -0.25) is 38.4 Å². The van der Waals surface area contributed by atoms with Crippen molar-refractivity contribution in [1.82, 2.24) is 67.0 Å². The molecule has 12 N–H and O–H groups in total. The molecule has 5 aromatic carbocycles. The molecule has 7 aromatic rings. The van der Waals surface area contributed by atoms with Gasteiger partial charge in [0.15, 0.2) is 0 Å². The second-order valence-electron chi connectivity index (χ2n) is 37.2. The number of rotatable bonds is 75. The molecule has 6 heterocycles. The van der Waals surface area contributed by atoms with Crippen LogP contribution in [0.15, 0.2) is 200 Å². The number of thioether (sulfide) groups is 2. The van der Waals surface area contributed by atoms with Gasteiger partial charge in [-0.05, 0) is 226 Å². The van der Waals surface area contributed by atoms with E-state index < -0.39 is 0 Å². The predicted molar refractivity (Wildman–Crippen MR) is 591 cm³/mol. The molecular weight excluding hydrogens is 1970 g/mol. The van der Waals surface area contributed by atoms with Crippen LogP contribution in [0.3, 0.4) is 0 Å². The SMILES string of the molecule is C=C(CCCCCN(C)C/C=C/C(=C)c1cccc(Nc2cc(Nc3ccc(Oc4ccccc4)cc3)ncn2)c1)CCCC(=O)NCCCOCCOCCOCCCNC(=O)CCCC[C@@H]1SC[C@@H]2NC(=O)C[C@@H]21.CN(C/C=C/C(=O)Nc1cccc(Nc2cc(Nc3cccc(Br)c3)ncn2)c1)CCCCNC(=O)CCCC(=O)NCCCOCCOCCOCCCNC(=O)CCCC[C@@H]1SC[C@@H]2NC(=O)C[C@@H]21. The Labute approximate surface area is 885 Å². The van der Waals surface area contributed by atoms with Gasteiger partial charge in [-0.1, -0.05) is 115 Å². The van der Waals surface area contributed by atoms with Crippen LogP contribution in [-0.4, -0.2) is 263 Å². The number of halogens is 1. The highest BCUT2D eigenvalue weighted by atomic mass is 79.9. The molecule has 0 unspecified atom stereocenters. The minimum absolute atomic E-state index is 0.0604. The van der Waals surface area contributed by atoms with Gasteiger partial charge in [0.1, 0.15) is 47.4 Å². The number of carbonyl (C=O) groups excluding carboxylic acids is 8. The Morgan fingerprint density at radius 2 is 0.796 bits per heavy atom. The predicted octanol–water partition coefficient (Wildman–Crippen LogP) is 17.2. The molecule has 147 heavy (non-hydrogen) atoms. The molecule has 4 saturated heterocycles. The standard InChI is InChI=1S/C60H82N8O7S.C51H73BrN10O8S/c1-46(18-12-26-59(70)62-32-16-36-73-38-40-74-39-37-72-35-15-31-61-58(69)25-10-9-24-55-53-42-60(71)67-54(53)44-76-55)17-6-5-11-33-68(3)34-14-19-47(2)48-20-13-21-50(41-48)66-57-43-56(63-45-64-57)65-49-27-29-52(30-28-49)75-51-22-7-4-8-23-51;1-62(25-9-20-50(66)60-41-15-7-14-40(33-41)59-46-35-45(56-37-57-46)58-39-13-6-12-38(52)32-39)24-5-4-21-53-48(64)18-8-19-49(65)55-23-11-27-69-29-31-70-30-28-68-26-10-22-54-47(63)17-3-2-16-44-42-34-51(67)61-43(42)36-71-44/h4,7-8,13-14,19-23,27-30,41,43,45,53-55H,1-2,5-6,9-12,15-18,24-26,31-40,42,44H2,3H3,(H,61,69)(H,62,70)(H,67,71)(H2,63,64,65,66);6-7,9,12-15,20,32-33,35,37,42-44H,2-5,8,10-11,16-19,21-31,34,36H2,1H3,(H,53,64)(H,54,63)(H,55,65)(H,60,66)(H,61,67)(H2,56,57,58,59)/b19-14+;20-9+/t53-,54-,55-;42-,43-,44-/m00/s1. The molecule has 11 rings (SSSR count). The number of para-hydroxylation sites is 1. The fraction of sp³-hybridized carbons (Fsp3) is 0.514. The summed E-state index contributed by atoms with van der Waals surface area (Å²) in [6.45, 7) is 20.8. The van der Waals surface area contributed by atoms with E-state index in [1.807, 2.05) is 158 Å². The summed E-state index contributed by atoms with van der Waals surface area (Å²) < 4.78 is 40.4. The van der Waals surface area contributed by atoms with Crippen LogP contribution in [-0.2, 0) is 66.8 Å². The summed E-state index contributed by atoms with van der Waals surface area (Å²) in [5.74, 6) is 7.35. The lowest BCUT2D eigenvalue weighted by Crippen LogP contribution is -2.29. The summed E-state index contributed by atoms with van der Waals surface area (Å²) in [4.78, 5) is 119. The molecule has 4 aliphatic heterocycles. The number of amides is 8. The first-order chi connectivity index (χ1) is 71.7. The number of likely N-dealkylation sites (N-methyl/N-ethyl adjacent to an activating group) is 2. The summed E-state index contributed by atoms with van der Waals surface area (Å²) >= 11 is 7.41. The highest BCUT2D eigenvalue weighted by Gasteiger charge is 2.44. The van der Waals surface area contributed by atoms with E-state index in [9.17, 15) is 38.4 Å². The quantitative estimate of drug-likeness (QED) is 0.00729. The zero-order chi connectivity index (χ0) is 104. The summed E-state index contributed by atoms with van der Waals surface area (Å²) in [6, 6.07) is 45.1. The number of aromatic nitrogens is 4. The number of benzene rings is 5. The number of fused-ring (bicyclic) bond motifs is 2. The smallest absolute Gasteiger partial charge is 0.248 e. The maximum absolute atomic E-state index is 12.6. The van der Waals surface area contributed by atoms with Crippen molar-refractivity contribution in [1.29, 1.82) is 0 Å². The molecule has 0 bridgehead atoms. The van der Waals surface area contributed by atoms with Crippen LogP contribution in [0.1, 0.15) is 173 Å². The first-order valence-electron chi connectivity index (χ1n) is 52.3. The van der Waals surface area contributed by atoms with Crippen LogP contribution in [0.2, 0.25) is 0 Å². The zero-order valence-electron chi connectivity index (χ0n) is 85.8. The van der Waals surface area contributed by atoms with Crippen LogP contribution in [0.5, 0.6) is 11.5 Å². The molecule has 798 valence electrons. The summed E-state index contributed by atoms with van der Waals surface area (Å²) in [5, 5.41) is 38.1. The van der Waals surface area contributed by atoms with Gasteiger partial charge < -0.3 is 107 Å². The molecule has 8 amide bonds. The van der Waals surface area contributed by atoms with E-state index in [4.69, 9.17) is 33.2 Å². The minimum Gasteiger partial charge on any atom is -0.457 e. The molecule has 0 aliphatic carbocycles. The lowest BCUT2D eigenvalue weighted by Gasteiger charge is -2.15. The van der Waals surface area contributed by atoms with Crippen molar-refractivity contribution in [3.8, 4) is 11.5 Å². The third kappa shape index (κ3) is 50.6. The van der Waals surface area contributed by atoms with E-state index in [2.05, 4.69) is 154 Å². The summed E-state index contributed by atoms with van der Waals surface area (Å²) in [6.07, 6.45) is 31.2. The number of nitrogens with one attached hydrogen (secondary N) is 12. The Bertz CT molecular complexity index is 5170. The Balaban J connectivity index is 0.000000302. The van der Waals surface area contributed by atoms with Gasteiger partial charge in [0.2, 0.25) is 47.3 Å². The molecule has 33 nitrogen and oxygen atoms in total. The van der Waals surface area contributed by atoms with Crippen molar-refractivity contribution in [2.75, 3.05) is 190 Å². The molecule has 0 saturated carbocycles. The topological polar surface area (TPSA) is 404 Å². The third-order valence-electron chi connectivity index (χ3n) is 24.9. The second kappa shape index (κ2) is 70.7. The lowest BCUT2D eigenvalue weighted by atomic mass is 9.94. The Kier molecular flexibility index (Phi) is 56.6. The van der Waals surface area contributed by atoms with Crippen molar-refractivity contribution in [2.45, 2.75) is 190 Å². The normalized spacial score (nSPS) is 16.0. The van der Waals surface area contributed by atoms with Gasteiger partial charge in [-0.15, -0.1) is 0 Å². The number of hydrogen-bond donors (Lipinski definition) is 12. The number of anilines is 9. The fourth-order valence-corrected chi connectivity index (χ4v) is 20.7. The van der Waals surface area contributed by atoms with Gasteiger partial charge >= 0.3 is 0 Å². The number of nitrogens with zero attached hydrogens (tertiary/aromatic N) is 6. The molecule has 36 heteroatoms. The summed E-state index contributed by atoms with van der Waals surface area (Å²) in [5.41, 5.74) is 7.27. The lowest BCUT2D eigenvalue weighted by molar-refractivity contribution is -0.123. The van der Waals surface area contributed by atoms with Gasteiger partial charge in [0.05, 0.1) is 52.9 Å². The molecule has 4 aliphatic rings. The van der Waals surface area contributed by atoms with Gasteiger partial charge in [-0.25, -0.2) is 19.9 Å². The highest BCUT2D eigenvalue weighted by molar-refractivity contribution is 9.10. The Morgan fingerprint density at radius 3 is 1.29 bits per heavy atom. The molecule has 4 fully saturated rings. The third-order valence-corrected chi connectivity index (χ3v) is 28.5. The van der Waals surface area contributed by atoms with Crippen LogP contribution in [0, 0.1) is 11.8 Å². The zero-order valence-corrected chi connectivity index (χ0v) is 89.0. The molecule has 0 spiro atoms. The highest BCUT2D eigenvalue weighted by Crippen LogP contribution is 2.42. The maximum Gasteiger partial charge on any atom is 0.248 e. The van der Waals surface area contributed by atoms with Gasteiger partial charge in [0, 0.05) is 214 Å². The number of allylic oxidation sites excluding steroid dienone is 3. The van der Waals surface area contributed by atoms with Crippen molar-refractivity contribution in [3.63, 3.8) is 0 Å². The number of ether oxygens (including phenoxy) is 7. The monoisotopic (exact) mass is 2120 g/mol. The van der Waals surface area contributed by atoms with Crippen LogP contribution >= 0.6 is 39.5 Å². The van der Waals surface area contributed by atoms with Crippen molar-refractivity contribution < 1.29 is 71.5 Å². The van der Waals surface area contributed by atoms with E-state index in [0.717, 1.165) is 190 Å². The van der Waals surface area contributed by atoms with E-state index in [0.29, 0.717) is 240 Å². The van der Waals surface area contributed by atoms with Crippen LogP contribution in [0.25, 0.3) is 5.57 Å². The molecule has 2 aromatic heterocycles. The second-order valence-corrected chi connectivity index (χ2v) is 40.6. The van der Waals surface area contributed by atoms with E-state index in [1.165, 1.54) is 24.3 Å². The number of unbranched alkanes of at least 4 members (excludes halogenated alkanes) is 5. The fourth-order valence-electron chi connectivity index (χ4n) is 17.0. The van der Waals surface area contributed by atoms with E-state index >= 15 is 0 Å². The molecule has 0 radical (unpaired) electrons. The van der Waals surface area contributed by atoms with Crippen molar-refractivity contribution in [3.05, 3.63) is 205 Å². The first kappa shape index (κ1) is 118.